The lowest BCUT2D eigenvalue weighted by atomic mass is 9.95. The van der Waals surface area contributed by atoms with Gasteiger partial charge >= 0.3 is 0 Å². The summed E-state index contributed by atoms with van der Waals surface area (Å²) < 4.78 is 29.1. The molecule has 1 amide bonds. The third kappa shape index (κ3) is 3.32. The van der Waals surface area contributed by atoms with E-state index in [0.717, 1.165) is 31.3 Å². The first kappa shape index (κ1) is 16.6. The van der Waals surface area contributed by atoms with Crippen molar-refractivity contribution >= 4 is 5.91 Å². The van der Waals surface area contributed by atoms with Crippen molar-refractivity contribution in [2.45, 2.75) is 38.6 Å². The van der Waals surface area contributed by atoms with Crippen LogP contribution in [0.25, 0.3) is 0 Å². The number of aryl methyl sites for hydroxylation is 1. The van der Waals surface area contributed by atoms with Gasteiger partial charge in [0.05, 0.1) is 6.42 Å². The third-order valence-corrected chi connectivity index (χ3v) is 4.67. The SMILES string of the molecule is CCn1ccnc1C1CCN(C(=O)Cc2cccc(F)c2F)CC1. The average Bonchev–Trinajstić information content (AvgIpc) is 3.08. The molecule has 0 bridgehead atoms. The predicted octanol–water partition coefficient (Wildman–Crippen LogP) is 3.13. The van der Waals surface area contributed by atoms with Gasteiger partial charge in [0.15, 0.2) is 11.6 Å². The van der Waals surface area contributed by atoms with E-state index in [4.69, 9.17) is 0 Å². The summed E-state index contributed by atoms with van der Waals surface area (Å²) in [7, 11) is 0. The van der Waals surface area contributed by atoms with Crippen molar-refractivity contribution in [2.24, 2.45) is 0 Å². The van der Waals surface area contributed by atoms with Crippen LogP contribution in [0, 0.1) is 11.6 Å². The van der Waals surface area contributed by atoms with E-state index in [1.165, 1.54) is 12.1 Å². The number of piperidine rings is 1. The number of halogens is 2. The van der Waals surface area contributed by atoms with Gasteiger partial charge in [0.25, 0.3) is 0 Å². The summed E-state index contributed by atoms with van der Waals surface area (Å²) in [5.41, 5.74) is 0.114. The second-order valence-electron chi connectivity index (χ2n) is 6.12. The number of carbonyl (C=O) groups is 1. The molecule has 2 aromatic rings. The highest BCUT2D eigenvalue weighted by Gasteiger charge is 2.26. The normalized spacial score (nSPS) is 15.7. The molecule has 128 valence electrons. The van der Waals surface area contributed by atoms with Gasteiger partial charge in [0.2, 0.25) is 5.91 Å². The van der Waals surface area contributed by atoms with E-state index in [1.807, 2.05) is 12.4 Å². The highest BCUT2D eigenvalue weighted by Crippen LogP contribution is 2.27. The predicted molar refractivity (Wildman–Crippen MR) is 86.5 cm³/mol. The number of likely N-dealkylation sites (tertiary alicyclic amines) is 1. The van der Waals surface area contributed by atoms with Crippen molar-refractivity contribution in [1.82, 2.24) is 14.5 Å². The zero-order valence-electron chi connectivity index (χ0n) is 13.7. The number of aromatic nitrogens is 2. The van der Waals surface area contributed by atoms with Crippen LogP contribution in [0.15, 0.2) is 30.6 Å². The topological polar surface area (TPSA) is 38.1 Å². The Morgan fingerprint density at radius 1 is 1.29 bits per heavy atom. The van der Waals surface area contributed by atoms with E-state index in [2.05, 4.69) is 16.5 Å². The van der Waals surface area contributed by atoms with Crippen LogP contribution in [-0.2, 0) is 17.8 Å². The maximum Gasteiger partial charge on any atom is 0.227 e. The van der Waals surface area contributed by atoms with Gasteiger partial charge in [-0.3, -0.25) is 4.79 Å². The van der Waals surface area contributed by atoms with Crippen molar-refractivity contribution in [2.75, 3.05) is 13.1 Å². The number of carbonyl (C=O) groups excluding carboxylic acids is 1. The molecule has 3 rings (SSSR count). The van der Waals surface area contributed by atoms with Crippen molar-refractivity contribution in [3.05, 3.63) is 53.6 Å². The van der Waals surface area contributed by atoms with Gasteiger partial charge < -0.3 is 9.47 Å². The Morgan fingerprint density at radius 3 is 2.75 bits per heavy atom. The van der Waals surface area contributed by atoms with E-state index < -0.39 is 11.6 Å². The van der Waals surface area contributed by atoms with Crippen molar-refractivity contribution in [1.29, 1.82) is 0 Å². The molecule has 1 aromatic carbocycles. The highest BCUT2D eigenvalue weighted by atomic mass is 19.2. The van der Waals surface area contributed by atoms with Gasteiger partial charge in [-0.05, 0) is 25.8 Å². The van der Waals surface area contributed by atoms with E-state index in [0.29, 0.717) is 19.0 Å². The number of benzene rings is 1. The Morgan fingerprint density at radius 2 is 2.04 bits per heavy atom. The Hall–Kier alpha value is -2.24. The first-order valence-corrected chi connectivity index (χ1v) is 8.31. The van der Waals surface area contributed by atoms with Crippen LogP contribution in [0.3, 0.4) is 0 Å². The molecule has 0 radical (unpaired) electrons. The average molecular weight is 333 g/mol. The molecular formula is C18H21F2N3O. The van der Waals surface area contributed by atoms with Crippen LogP contribution in [0.4, 0.5) is 8.78 Å². The lowest BCUT2D eigenvalue weighted by Crippen LogP contribution is -2.39. The first-order chi connectivity index (χ1) is 11.6. The fraction of sp³-hybridized carbons (Fsp3) is 0.444. The summed E-state index contributed by atoms with van der Waals surface area (Å²) in [5, 5.41) is 0. The summed E-state index contributed by atoms with van der Waals surface area (Å²) in [6.07, 6.45) is 5.36. The Labute approximate surface area is 140 Å². The van der Waals surface area contributed by atoms with Gasteiger partial charge in [-0.1, -0.05) is 12.1 Å². The molecule has 0 atom stereocenters. The summed E-state index contributed by atoms with van der Waals surface area (Å²) in [6.45, 7) is 4.21. The molecule has 0 spiro atoms. The van der Waals surface area contributed by atoms with E-state index in [1.54, 1.807) is 4.90 Å². The molecule has 0 unspecified atom stereocenters. The molecule has 6 heteroatoms. The minimum Gasteiger partial charge on any atom is -0.342 e. The van der Waals surface area contributed by atoms with Crippen LogP contribution in [0.1, 0.15) is 37.1 Å². The molecule has 1 aromatic heterocycles. The quantitative estimate of drug-likeness (QED) is 0.862. The molecule has 1 fully saturated rings. The maximum absolute atomic E-state index is 13.7. The summed E-state index contributed by atoms with van der Waals surface area (Å²) in [4.78, 5) is 18.5. The molecule has 2 heterocycles. The largest absolute Gasteiger partial charge is 0.342 e. The molecule has 1 aliphatic heterocycles. The minimum atomic E-state index is -0.925. The molecule has 24 heavy (non-hydrogen) atoms. The first-order valence-electron chi connectivity index (χ1n) is 8.31. The number of hydrogen-bond donors (Lipinski definition) is 0. The van der Waals surface area contributed by atoms with Gasteiger partial charge in [0, 0.05) is 43.5 Å². The van der Waals surface area contributed by atoms with Crippen molar-refractivity contribution in [3.63, 3.8) is 0 Å². The number of hydrogen-bond acceptors (Lipinski definition) is 2. The van der Waals surface area contributed by atoms with Gasteiger partial charge in [-0.15, -0.1) is 0 Å². The van der Waals surface area contributed by atoms with Crippen molar-refractivity contribution < 1.29 is 13.6 Å². The molecule has 4 nitrogen and oxygen atoms in total. The minimum absolute atomic E-state index is 0.0994. The van der Waals surface area contributed by atoms with Crippen LogP contribution < -0.4 is 0 Å². The highest BCUT2D eigenvalue weighted by molar-refractivity contribution is 5.79. The molecular weight excluding hydrogens is 312 g/mol. The summed E-state index contributed by atoms with van der Waals surface area (Å²) in [5.74, 6) is -0.580. The van der Waals surface area contributed by atoms with Crippen LogP contribution in [-0.4, -0.2) is 33.4 Å². The Kier molecular flexibility index (Phi) is 4.92. The lowest BCUT2D eigenvalue weighted by molar-refractivity contribution is -0.131. The summed E-state index contributed by atoms with van der Waals surface area (Å²) in [6, 6.07) is 3.95. The maximum atomic E-state index is 13.7. The van der Waals surface area contributed by atoms with Crippen LogP contribution >= 0.6 is 0 Å². The summed E-state index contributed by atoms with van der Waals surface area (Å²) >= 11 is 0. The molecule has 1 aliphatic rings. The van der Waals surface area contributed by atoms with E-state index in [-0.39, 0.29) is 17.9 Å². The van der Waals surface area contributed by atoms with Crippen LogP contribution in [0.5, 0.6) is 0 Å². The number of rotatable bonds is 4. The van der Waals surface area contributed by atoms with Crippen LogP contribution in [0.2, 0.25) is 0 Å². The zero-order chi connectivity index (χ0) is 17.1. The smallest absolute Gasteiger partial charge is 0.227 e. The number of nitrogens with zero attached hydrogens (tertiary/aromatic N) is 3. The van der Waals surface area contributed by atoms with E-state index >= 15 is 0 Å². The van der Waals surface area contributed by atoms with Gasteiger partial charge in [-0.2, -0.15) is 0 Å². The van der Waals surface area contributed by atoms with E-state index in [9.17, 15) is 13.6 Å². The number of imidazole rings is 1. The Balaban J connectivity index is 1.60. The molecule has 1 saturated heterocycles. The second kappa shape index (κ2) is 7.11. The molecule has 0 aliphatic carbocycles. The number of amides is 1. The zero-order valence-corrected chi connectivity index (χ0v) is 13.7. The third-order valence-electron chi connectivity index (χ3n) is 4.67. The van der Waals surface area contributed by atoms with Gasteiger partial charge in [-0.25, -0.2) is 13.8 Å². The standard InChI is InChI=1S/C18H21F2N3O/c1-2-22-11-8-21-18(22)13-6-9-23(10-7-13)16(24)12-14-4-3-5-15(19)17(14)20/h3-5,8,11,13H,2,6-7,9-10,12H2,1H3. The molecule has 0 N–H and O–H groups in total. The Bertz CT molecular complexity index is 721. The fourth-order valence-corrected chi connectivity index (χ4v) is 3.29. The monoisotopic (exact) mass is 333 g/mol. The molecule has 0 saturated carbocycles. The lowest BCUT2D eigenvalue weighted by Gasteiger charge is -2.32. The fourth-order valence-electron chi connectivity index (χ4n) is 3.29. The second-order valence-corrected chi connectivity index (χ2v) is 6.12. The van der Waals surface area contributed by atoms with Crippen molar-refractivity contribution in [3.8, 4) is 0 Å². The van der Waals surface area contributed by atoms with Gasteiger partial charge in [0.1, 0.15) is 5.82 Å².